The van der Waals surface area contributed by atoms with Crippen LogP contribution in [0.15, 0.2) is 0 Å². The first-order valence-corrected chi connectivity index (χ1v) is 7.00. The lowest BCUT2D eigenvalue weighted by atomic mass is 10.2. The first-order valence-electron chi connectivity index (χ1n) is 5.77. The van der Waals surface area contributed by atoms with Crippen LogP contribution < -0.4 is 5.32 Å². The topological polar surface area (TPSA) is 70.7 Å². The molecule has 1 aromatic rings. The second-order valence-corrected chi connectivity index (χ2v) is 6.48. The van der Waals surface area contributed by atoms with Crippen molar-refractivity contribution in [2.45, 2.75) is 37.4 Å². The van der Waals surface area contributed by atoms with Gasteiger partial charge in [0.15, 0.2) is 0 Å². The molecule has 1 aliphatic rings. The van der Waals surface area contributed by atoms with E-state index < -0.39 is 0 Å². The molecule has 1 heterocycles. The van der Waals surface area contributed by atoms with Crippen molar-refractivity contribution in [1.29, 1.82) is 0 Å². The van der Waals surface area contributed by atoms with Gasteiger partial charge in [0.05, 0.1) is 0 Å². The fourth-order valence-electron chi connectivity index (χ4n) is 1.36. The normalized spacial score (nSPS) is 15.9. The van der Waals surface area contributed by atoms with Crippen LogP contribution in [0.3, 0.4) is 0 Å². The van der Waals surface area contributed by atoms with Crippen LogP contribution in [0, 0.1) is 0 Å². The number of carbonyl (C=O) groups excluding carboxylic acids is 1. The Morgan fingerprint density at radius 2 is 2.29 bits per heavy atom. The van der Waals surface area contributed by atoms with Crippen molar-refractivity contribution in [2.75, 3.05) is 12.8 Å². The van der Waals surface area contributed by atoms with Crippen LogP contribution in [0.1, 0.15) is 49.1 Å². The van der Waals surface area contributed by atoms with Crippen LogP contribution in [0.4, 0.5) is 0 Å². The molecule has 1 fully saturated rings. The van der Waals surface area contributed by atoms with Crippen molar-refractivity contribution in [3.63, 3.8) is 0 Å². The van der Waals surface area contributed by atoms with E-state index in [4.69, 9.17) is 0 Å². The molecule has 94 valence electrons. The summed E-state index contributed by atoms with van der Waals surface area (Å²) in [6, 6.07) is 0. The Morgan fingerprint density at radius 3 is 2.88 bits per heavy atom. The minimum Gasteiger partial charge on any atom is -0.348 e. The van der Waals surface area contributed by atoms with Crippen LogP contribution in [-0.4, -0.2) is 38.6 Å². The van der Waals surface area contributed by atoms with Crippen molar-refractivity contribution >= 4 is 17.7 Å². The van der Waals surface area contributed by atoms with E-state index in [1.165, 1.54) is 0 Å². The van der Waals surface area contributed by atoms with Gasteiger partial charge in [-0.3, -0.25) is 9.89 Å². The number of thioether (sulfide) groups is 1. The van der Waals surface area contributed by atoms with E-state index in [0.29, 0.717) is 12.5 Å². The van der Waals surface area contributed by atoms with Crippen molar-refractivity contribution in [3.8, 4) is 0 Å². The third-order valence-electron chi connectivity index (χ3n) is 2.90. The molecule has 2 N–H and O–H groups in total. The quantitative estimate of drug-likeness (QED) is 0.836. The highest BCUT2D eigenvalue weighted by atomic mass is 32.2. The van der Waals surface area contributed by atoms with Crippen LogP contribution in [0.2, 0.25) is 0 Å². The SMILES string of the molecule is CSC(C)(C)CNC(=O)c1n[nH]c(C2CC2)n1. The van der Waals surface area contributed by atoms with Gasteiger partial charge in [-0.15, -0.1) is 5.10 Å². The Labute approximate surface area is 105 Å². The van der Waals surface area contributed by atoms with Crippen LogP contribution >= 0.6 is 11.8 Å². The number of amides is 1. The summed E-state index contributed by atoms with van der Waals surface area (Å²) < 4.78 is 0.0330. The lowest BCUT2D eigenvalue weighted by Gasteiger charge is -2.21. The van der Waals surface area contributed by atoms with E-state index in [2.05, 4.69) is 34.3 Å². The molecular formula is C11H18N4OS. The Hall–Kier alpha value is -1.04. The lowest BCUT2D eigenvalue weighted by molar-refractivity contribution is 0.0941. The van der Waals surface area contributed by atoms with E-state index in [0.717, 1.165) is 18.7 Å². The van der Waals surface area contributed by atoms with Gasteiger partial charge in [0.25, 0.3) is 5.91 Å². The van der Waals surface area contributed by atoms with Gasteiger partial charge in [-0.1, -0.05) is 0 Å². The summed E-state index contributed by atoms with van der Waals surface area (Å²) in [7, 11) is 0. The number of nitrogens with zero attached hydrogens (tertiary/aromatic N) is 2. The Balaban J connectivity index is 1.90. The molecule has 0 unspecified atom stereocenters. The molecule has 1 aromatic heterocycles. The third-order valence-corrected chi connectivity index (χ3v) is 4.15. The Morgan fingerprint density at radius 1 is 1.59 bits per heavy atom. The highest BCUT2D eigenvalue weighted by molar-refractivity contribution is 7.99. The number of nitrogens with one attached hydrogen (secondary N) is 2. The second kappa shape index (κ2) is 4.68. The molecule has 0 saturated heterocycles. The smallest absolute Gasteiger partial charge is 0.291 e. The molecule has 0 bridgehead atoms. The molecule has 0 atom stereocenters. The molecule has 0 radical (unpaired) electrons. The average molecular weight is 254 g/mol. The van der Waals surface area contributed by atoms with Gasteiger partial charge < -0.3 is 5.32 Å². The monoisotopic (exact) mass is 254 g/mol. The minimum atomic E-state index is -0.199. The molecule has 2 rings (SSSR count). The maximum atomic E-state index is 11.8. The molecule has 1 saturated carbocycles. The van der Waals surface area contributed by atoms with Crippen molar-refractivity contribution in [1.82, 2.24) is 20.5 Å². The first-order chi connectivity index (χ1) is 8.02. The van der Waals surface area contributed by atoms with Gasteiger partial charge in [-0.2, -0.15) is 11.8 Å². The predicted molar refractivity (Wildman–Crippen MR) is 68.3 cm³/mol. The molecule has 5 nitrogen and oxygen atoms in total. The predicted octanol–water partition coefficient (Wildman–Crippen LogP) is 1.55. The summed E-state index contributed by atoms with van der Waals surface area (Å²) in [5.41, 5.74) is 0. The van der Waals surface area contributed by atoms with Gasteiger partial charge in [0.1, 0.15) is 5.82 Å². The van der Waals surface area contributed by atoms with Gasteiger partial charge in [0.2, 0.25) is 5.82 Å². The van der Waals surface area contributed by atoms with Crippen LogP contribution in [0.5, 0.6) is 0 Å². The fraction of sp³-hybridized carbons (Fsp3) is 0.727. The number of carbonyl (C=O) groups is 1. The van der Waals surface area contributed by atoms with E-state index >= 15 is 0 Å². The standard InChI is InChI=1S/C11H18N4OS/c1-11(2,17-3)6-12-10(16)9-13-8(14-15-9)7-4-5-7/h7H,4-6H2,1-3H3,(H,12,16)(H,13,14,15). The van der Waals surface area contributed by atoms with Crippen molar-refractivity contribution in [3.05, 3.63) is 11.6 Å². The van der Waals surface area contributed by atoms with Crippen molar-refractivity contribution < 1.29 is 4.79 Å². The number of aromatic amines is 1. The van der Waals surface area contributed by atoms with Gasteiger partial charge in [-0.05, 0) is 32.9 Å². The highest BCUT2D eigenvalue weighted by Gasteiger charge is 2.28. The summed E-state index contributed by atoms with van der Waals surface area (Å²) in [4.78, 5) is 16.0. The van der Waals surface area contributed by atoms with Crippen LogP contribution in [-0.2, 0) is 0 Å². The van der Waals surface area contributed by atoms with Crippen LogP contribution in [0.25, 0.3) is 0 Å². The molecule has 17 heavy (non-hydrogen) atoms. The molecule has 0 aromatic carbocycles. The zero-order chi connectivity index (χ0) is 12.5. The van der Waals surface area contributed by atoms with Gasteiger partial charge in [0, 0.05) is 17.2 Å². The lowest BCUT2D eigenvalue weighted by Crippen LogP contribution is -2.36. The number of H-pyrrole nitrogens is 1. The third kappa shape index (κ3) is 3.21. The summed E-state index contributed by atoms with van der Waals surface area (Å²) >= 11 is 1.72. The number of hydrogen-bond acceptors (Lipinski definition) is 4. The van der Waals surface area contributed by atoms with E-state index in [1.807, 2.05) is 6.26 Å². The highest BCUT2D eigenvalue weighted by Crippen LogP contribution is 2.37. The minimum absolute atomic E-state index is 0.0330. The zero-order valence-corrected chi connectivity index (χ0v) is 11.2. The Kier molecular flexibility index (Phi) is 3.42. The molecule has 1 aliphatic carbocycles. The maximum absolute atomic E-state index is 11.8. The largest absolute Gasteiger partial charge is 0.348 e. The summed E-state index contributed by atoms with van der Waals surface area (Å²) in [5, 5.41) is 9.64. The molecule has 0 spiro atoms. The number of hydrogen-bond donors (Lipinski definition) is 2. The number of aromatic nitrogens is 3. The Bertz CT molecular complexity index is 411. The summed E-state index contributed by atoms with van der Waals surface area (Å²) in [6.07, 6.45) is 4.33. The van der Waals surface area contributed by atoms with Gasteiger partial charge >= 0.3 is 0 Å². The molecule has 6 heteroatoms. The summed E-state index contributed by atoms with van der Waals surface area (Å²) in [6.45, 7) is 4.79. The molecular weight excluding hydrogens is 236 g/mol. The molecule has 1 amide bonds. The van der Waals surface area contributed by atoms with E-state index in [9.17, 15) is 4.79 Å². The average Bonchev–Trinajstić information content (AvgIpc) is 3.04. The number of rotatable bonds is 5. The second-order valence-electron chi connectivity index (χ2n) is 4.97. The molecule has 0 aliphatic heterocycles. The summed E-state index contributed by atoms with van der Waals surface area (Å²) in [5.74, 6) is 1.39. The van der Waals surface area contributed by atoms with Crippen molar-refractivity contribution in [2.24, 2.45) is 0 Å². The van der Waals surface area contributed by atoms with Gasteiger partial charge in [-0.25, -0.2) is 4.98 Å². The van der Waals surface area contributed by atoms with E-state index in [-0.39, 0.29) is 16.5 Å². The first kappa shape index (κ1) is 12.4. The zero-order valence-electron chi connectivity index (χ0n) is 10.4. The van der Waals surface area contributed by atoms with E-state index in [1.54, 1.807) is 11.8 Å². The maximum Gasteiger partial charge on any atom is 0.291 e. The fourth-order valence-corrected chi connectivity index (χ4v) is 1.58.